The Bertz CT molecular complexity index is 821. The van der Waals surface area contributed by atoms with E-state index in [0.717, 1.165) is 24.2 Å². The lowest BCUT2D eigenvalue weighted by molar-refractivity contribution is -0.125. The van der Waals surface area contributed by atoms with Crippen molar-refractivity contribution in [3.05, 3.63) is 51.2 Å². The number of rotatable bonds is 4. The molecule has 2 heterocycles. The molecule has 1 N–H and O–H groups in total. The Morgan fingerprint density at radius 1 is 1.19 bits per heavy atom. The second kappa shape index (κ2) is 8.13. The van der Waals surface area contributed by atoms with Gasteiger partial charge in [-0.3, -0.25) is 4.79 Å². The number of aryl methyl sites for hydroxylation is 2. The summed E-state index contributed by atoms with van der Waals surface area (Å²) in [5.41, 5.74) is 2.23. The summed E-state index contributed by atoms with van der Waals surface area (Å²) in [5.74, 6) is 0.102. The van der Waals surface area contributed by atoms with Crippen LogP contribution in [0.1, 0.15) is 57.4 Å². The van der Waals surface area contributed by atoms with Gasteiger partial charge in [0.05, 0.1) is 12.6 Å². The number of para-hydroxylation sites is 1. The summed E-state index contributed by atoms with van der Waals surface area (Å²) in [7, 11) is 0. The van der Waals surface area contributed by atoms with Crippen LogP contribution in [0, 0.1) is 0 Å². The summed E-state index contributed by atoms with van der Waals surface area (Å²) < 4.78 is 10.9. The Morgan fingerprint density at radius 2 is 2.04 bits per heavy atom. The summed E-state index contributed by atoms with van der Waals surface area (Å²) in [6.07, 6.45) is 6.37. The Balaban J connectivity index is 1.33. The molecular weight excluding hydrogens is 362 g/mol. The minimum absolute atomic E-state index is 0.112. The monoisotopic (exact) mass is 385 g/mol. The molecule has 1 aliphatic heterocycles. The molecule has 0 saturated heterocycles. The van der Waals surface area contributed by atoms with Gasteiger partial charge in [0, 0.05) is 16.9 Å². The second-order valence-corrected chi connectivity index (χ2v) is 8.13. The van der Waals surface area contributed by atoms with Gasteiger partial charge in [0.1, 0.15) is 10.6 Å². The van der Waals surface area contributed by atoms with Gasteiger partial charge < -0.3 is 14.8 Å². The largest absolute Gasteiger partial charge is 0.493 e. The number of esters is 1. The molecule has 0 fully saturated rings. The molecule has 2 aliphatic rings. The predicted molar refractivity (Wildman–Crippen MR) is 103 cm³/mol. The Labute approximate surface area is 162 Å². The highest BCUT2D eigenvalue weighted by molar-refractivity contribution is 7.14. The van der Waals surface area contributed by atoms with E-state index in [1.54, 1.807) is 0 Å². The smallest absolute Gasteiger partial charge is 0.348 e. The number of carbonyl (C=O) groups excluding carboxylic acids is 2. The molecule has 0 bridgehead atoms. The maximum absolute atomic E-state index is 12.3. The lowest BCUT2D eigenvalue weighted by Gasteiger charge is -2.26. The third-order valence-corrected chi connectivity index (χ3v) is 6.29. The van der Waals surface area contributed by atoms with E-state index in [1.165, 1.54) is 41.0 Å². The fourth-order valence-corrected chi connectivity index (χ4v) is 4.85. The van der Waals surface area contributed by atoms with Crippen LogP contribution >= 0.6 is 11.3 Å². The molecule has 6 heteroatoms. The Hall–Kier alpha value is -2.34. The topological polar surface area (TPSA) is 64.6 Å². The fourth-order valence-electron chi connectivity index (χ4n) is 3.70. The fraction of sp³-hybridized carbons (Fsp3) is 0.429. The zero-order chi connectivity index (χ0) is 18.6. The first kappa shape index (κ1) is 18.0. The predicted octanol–water partition coefficient (Wildman–Crippen LogP) is 3.81. The molecule has 1 aromatic heterocycles. The molecule has 0 radical (unpaired) electrons. The number of thiophene rings is 1. The molecule has 0 spiro atoms. The highest BCUT2D eigenvalue weighted by Gasteiger charge is 2.23. The van der Waals surface area contributed by atoms with Gasteiger partial charge in [-0.1, -0.05) is 24.6 Å². The minimum atomic E-state index is -0.407. The SMILES string of the molecule is O=C(COC(=O)c1cc2c(s1)CCCCC2)N[C@@H]1CCOc2ccccc21. The molecule has 0 saturated carbocycles. The molecule has 1 aromatic carbocycles. The highest BCUT2D eigenvalue weighted by Crippen LogP contribution is 2.32. The number of amides is 1. The number of hydrogen-bond donors (Lipinski definition) is 1. The van der Waals surface area contributed by atoms with Crippen LogP contribution in [-0.4, -0.2) is 25.1 Å². The van der Waals surface area contributed by atoms with E-state index in [0.29, 0.717) is 17.9 Å². The van der Waals surface area contributed by atoms with Crippen LogP contribution in [-0.2, 0) is 22.4 Å². The Morgan fingerprint density at radius 3 is 2.96 bits per heavy atom. The average molecular weight is 385 g/mol. The normalized spacial score (nSPS) is 18.4. The van der Waals surface area contributed by atoms with Crippen molar-refractivity contribution in [3.63, 3.8) is 0 Å². The van der Waals surface area contributed by atoms with E-state index in [4.69, 9.17) is 9.47 Å². The molecule has 2 aromatic rings. The molecule has 0 unspecified atom stereocenters. The number of nitrogens with one attached hydrogen (secondary N) is 1. The molecule has 142 valence electrons. The van der Waals surface area contributed by atoms with Gasteiger partial charge in [0.15, 0.2) is 6.61 Å². The Kier molecular flexibility index (Phi) is 5.43. The molecule has 1 amide bonds. The van der Waals surface area contributed by atoms with Crippen LogP contribution in [0.2, 0.25) is 0 Å². The van der Waals surface area contributed by atoms with E-state index < -0.39 is 5.97 Å². The van der Waals surface area contributed by atoms with Gasteiger partial charge in [-0.15, -0.1) is 11.3 Å². The van der Waals surface area contributed by atoms with E-state index in [2.05, 4.69) is 5.32 Å². The number of hydrogen-bond acceptors (Lipinski definition) is 5. The van der Waals surface area contributed by atoms with Crippen molar-refractivity contribution < 1.29 is 19.1 Å². The summed E-state index contributed by atoms with van der Waals surface area (Å²) in [4.78, 5) is 26.5. The summed E-state index contributed by atoms with van der Waals surface area (Å²) >= 11 is 1.51. The number of fused-ring (bicyclic) bond motifs is 2. The van der Waals surface area contributed by atoms with E-state index in [1.807, 2.05) is 30.3 Å². The molecular formula is C21H23NO4S. The van der Waals surface area contributed by atoms with Gasteiger partial charge in [0.25, 0.3) is 5.91 Å². The lowest BCUT2D eigenvalue weighted by atomic mass is 10.0. The van der Waals surface area contributed by atoms with E-state index in [9.17, 15) is 9.59 Å². The molecule has 1 atom stereocenters. The van der Waals surface area contributed by atoms with Gasteiger partial charge in [-0.25, -0.2) is 4.79 Å². The van der Waals surface area contributed by atoms with Crippen molar-refractivity contribution in [1.29, 1.82) is 0 Å². The van der Waals surface area contributed by atoms with Crippen LogP contribution < -0.4 is 10.1 Å². The van der Waals surface area contributed by atoms with Crippen LogP contribution in [0.4, 0.5) is 0 Å². The van der Waals surface area contributed by atoms with Crippen molar-refractivity contribution in [2.24, 2.45) is 0 Å². The molecule has 4 rings (SSSR count). The van der Waals surface area contributed by atoms with Crippen LogP contribution in [0.3, 0.4) is 0 Å². The van der Waals surface area contributed by atoms with Gasteiger partial charge in [-0.05, 0) is 43.4 Å². The second-order valence-electron chi connectivity index (χ2n) is 6.99. The molecule has 1 aliphatic carbocycles. The van der Waals surface area contributed by atoms with Crippen LogP contribution in [0.15, 0.2) is 30.3 Å². The lowest BCUT2D eigenvalue weighted by Crippen LogP contribution is -2.35. The van der Waals surface area contributed by atoms with Crippen molar-refractivity contribution in [2.45, 2.75) is 44.6 Å². The molecule has 5 nitrogen and oxygen atoms in total. The van der Waals surface area contributed by atoms with Crippen LogP contribution in [0.25, 0.3) is 0 Å². The zero-order valence-corrected chi connectivity index (χ0v) is 16.0. The van der Waals surface area contributed by atoms with Gasteiger partial charge in [-0.2, -0.15) is 0 Å². The summed E-state index contributed by atoms with van der Waals surface area (Å²) in [5, 5.41) is 2.95. The van der Waals surface area contributed by atoms with Crippen molar-refractivity contribution >= 4 is 23.2 Å². The summed E-state index contributed by atoms with van der Waals surface area (Å²) in [6.45, 7) is 0.295. The minimum Gasteiger partial charge on any atom is -0.493 e. The van der Waals surface area contributed by atoms with Crippen molar-refractivity contribution in [1.82, 2.24) is 5.32 Å². The number of benzene rings is 1. The van der Waals surface area contributed by atoms with Crippen molar-refractivity contribution in [3.8, 4) is 5.75 Å². The zero-order valence-electron chi connectivity index (χ0n) is 15.2. The van der Waals surface area contributed by atoms with E-state index >= 15 is 0 Å². The third-order valence-electron chi connectivity index (χ3n) is 5.08. The first-order valence-corrected chi connectivity index (χ1v) is 10.3. The van der Waals surface area contributed by atoms with Gasteiger partial charge >= 0.3 is 5.97 Å². The van der Waals surface area contributed by atoms with Gasteiger partial charge in [0.2, 0.25) is 0 Å². The van der Waals surface area contributed by atoms with Crippen LogP contribution in [0.5, 0.6) is 5.75 Å². The maximum Gasteiger partial charge on any atom is 0.348 e. The number of ether oxygens (including phenoxy) is 2. The van der Waals surface area contributed by atoms with Crippen molar-refractivity contribution in [2.75, 3.05) is 13.2 Å². The third kappa shape index (κ3) is 4.16. The average Bonchev–Trinajstić information content (AvgIpc) is 2.97. The summed E-state index contributed by atoms with van der Waals surface area (Å²) in [6, 6.07) is 9.51. The molecule has 27 heavy (non-hydrogen) atoms. The maximum atomic E-state index is 12.3. The first-order valence-electron chi connectivity index (χ1n) is 9.50. The first-order chi connectivity index (χ1) is 13.2. The standard InChI is InChI=1S/C21H23NO4S/c23-20(22-16-10-11-25-17-8-5-4-7-15(16)17)13-26-21(24)19-12-14-6-2-1-3-9-18(14)27-19/h4-5,7-8,12,16H,1-3,6,9-11,13H2,(H,22,23)/t16-/m1/s1. The number of carbonyl (C=O) groups is 2. The van der Waals surface area contributed by atoms with E-state index in [-0.39, 0.29) is 18.6 Å². The highest BCUT2D eigenvalue weighted by atomic mass is 32.1. The quantitative estimate of drug-likeness (QED) is 0.642.